The Kier molecular flexibility index (Phi) is 5.31. The molecule has 1 heterocycles. The molecule has 0 aliphatic rings. The Labute approximate surface area is 109 Å². The predicted octanol–water partition coefficient (Wildman–Crippen LogP) is 2.23. The highest BCUT2D eigenvalue weighted by Crippen LogP contribution is 2.20. The summed E-state index contributed by atoms with van der Waals surface area (Å²) in [5.41, 5.74) is -1.72. The van der Waals surface area contributed by atoms with Crippen LogP contribution in [0.25, 0.3) is 0 Å². The van der Waals surface area contributed by atoms with Crippen LogP contribution in [0.4, 0.5) is 22.0 Å². The molecule has 0 aliphatic carbocycles. The van der Waals surface area contributed by atoms with Gasteiger partial charge in [-0.1, -0.05) is 0 Å². The van der Waals surface area contributed by atoms with E-state index in [0.717, 1.165) is 0 Å². The quantitative estimate of drug-likeness (QED) is 0.644. The number of rotatable bonds is 6. The van der Waals surface area contributed by atoms with Crippen LogP contribution in [0.2, 0.25) is 0 Å². The minimum Gasteiger partial charge on any atom is -0.478 e. The Bertz CT molecular complexity index is 478. The highest BCUT2D eigenvalue weighted by molar-refractivity contribution is 5.88. The zero-order chi connectivity index (χ0) is 15.3. The van der Waals surface area contributed by atoms with Gasteiger partial charge in [-0.25, -0.2) is 23.5 Å². The summed E-state index contributed by atoms with van der Waals surface area (Å²) in [5.74, 6) is -1.83. The summed E-state index contributed by atoms with van der Waals surface area (Å²) in [4.78, 5) is 17.5. The number of carbonyl (C=O) groups is 1. The molecular weight excluding hydrogens is 291 g/mol. The number of ether oxygens (including phenoxy) is 1. The van der Waals surface area contributed by atoms with E-state index in [9.17, 15) is 26.7 Å². The van der Waals surface area contributed by atoms with Crippen molar-refractivity contribution in [3.63, 3.8) is 0 Å². The second-order valence-electron chi connectivity index (χ2n) is 3.61. The summed E-state index contributed by atoms with van der Waals surface area (Å²) in [5, 5.41) is 8.65. The van der Waals surface area contributed by atoms with E-state index in [2.05, 4.69) is 14.7 Å². The molecule has 0 spiro atoms. The zero-order valence-electron chi connectivity index (χ0n) is 9.82. The van der Waals surface area contributed by atoms with Crippen LogP contribution in [-0.4, -0.2) is 40.4 Å². The number of carboxylic acid groups (broad SMARTS) is 1. The number of carboxylic acids is 1. The van der Waals surface area contributed by atoms with Crippen molar-refractivity contribution in [3.8, 4) is 0 Å². The maximum atomic E-state index is 12.6. The Morgan fingerprint density at radius 2 is 2.05 bits per heavy atom. The number of hydrogen-bond acceptors (Lipinski definition) is 4. The van der Waals surface area contributed by atoms with E-state index in [-0.39, 0.29) is 12.2 Å². The smallest absolute Gasteiger partial charge is 0.411 e. The normalized spacial score (nSPS) is 11.9. The number of aromatic carboxylic acids is 1. The maximum absolute atomic E-state index is 12.6. The van der Waals surface area contributed by atoms with E-state index in [1.54, 1.807) is 0 Å². The fourth-order valence-electron chi connectivity index (χ4n) is 1.24. The molecule has 0 atom stereocenters. The van der Waals surface area contributed by atoms with E-state index in [4.69, 9.17) is 5.11 Å². The largest absolute Gasteiger partial charge is 0.478 e. The fourth-order valence-corrected chi connectivity index (χ4v) is 1.24. The summed E-state index contributed by atoms with van der Waals surface area (Å²) in [6.07, 6.45) is -7.16. The molecule has 0 amide bonds. The topological polar surface area (TPSA) is 72.3 Å². The molecule has 1 aromatic rings. The lowest BCUT2D eigenvalue weighted by Crippen LogP contribution is -2.18. The minimum atomic E-state index is -4.48. The number of alkyl halides is 5. The third-order valence-electron chi connectivity index (χ3n) is 2.04. The molecule has 0 aliphatic heterocycles. The lowest BCUT2D eigenvalue weighted by molar-refractivity contribution is -0.173. The summed E-state index contributed by atoms with van der Waals surface area (Å²) in [6, 6.07) is 0. The van der Waals surface area contributed by atoms with Gasteiger partial charge in [0, 0.05) is 12.6 Å². The second kappa shape index (κ2) is 6.55. The molecule has 0 saturated heterocycles. The van der Waals surface area contributed by atoms with Gasteiger partial charge in [-0.15, -0.1) is 0 Å². The van der Waals surface area contributed by atoms with E-state index in [1.165, 1.54) is 0 Å². The maximum Gasteiger partial charge on any atom is 0.411 e. The predicted molar refractivity (Wildman–Crippen MR) is 54.5 cm³/mol. The lowest BCUT2D eigenvalue weighted by Gasteiger charge is -2.08. The molecule has 1 rings (SSSR count). The summed E-state index contributed by atoms with van der Waals surface area (Å²) in [7, 11) is 0. The number of aromatic nitrogens is 2. The van der Waals surface area contributed by atoms with Gasteiger partial charge in [0.05, 0.1) is 6.61 Å². The molecule has 0 saturated carbocycles. The Balaban J connectivity index is 2.68. The van der Waals surface area contributed by atoms with Crippen LogP contribution in [0.5, 0.6) is 0 Å². The molecule has 1 aromatic heterocycles. The molecule has 5 nitrogen and oxygen atoms in total. The van der Waals surface area contributed by atoms with Crippen molar-refractivity contribution < 1.29 is 36.6 Å². The van der Waals surface area contributed by atoms with Crippen molar-refractivity contribution >= 4 is 5.97 Å². The molecule has 0 fully saturated rings. The number of hydrogen-bond donors (Lipinski definition) is 1. The first-order valence-corrected chi connectivity index (χ1v) is 5.22. The first-order valence-electron chi connectivity index (χ1n) is 5.22. The van der Waals surface area contributed by atoms with Crippen LogP contribution < -0.4 is 0 Å². The molecule has 10 heteroatoms. The average Bonchev–Trinajstić information content (AvgIpc) is 2.33. The third kappa shape index (κ3) is 5.03. The van der Waals surface area contributed by atoms with Gasteiger partial charge < -0.3 is 9.84 Å². The Hall–Kier alpha value is -1.84. The highest BCUT2D eigenvalue weighted by atomic mass is 19.4. The van der Waals surface area contributed by atoms with Crippen molar-refractivity contribution in [1.82, 2.24) is 9.97 Å². The van der Waals surface area contributed by atoms with Gasteiger partial charge >= 0.3 is 12.1 Å². The molecule has 0 unspecified atom stereocenters. The van der Waals surface area contributed by atoms with Gasteiger partial charge in [0.25, 0.3) is 6.43 Å². The minimum absolute atomic E-state index is 0.215. The van der Waals surface area contributed by atoms with E-state index < -0.39 is 43.0 Å². The van der Waals surface area contributed by atoms with Gasteiger partial charge in [-0.3, -0.25) is 0 Å². The molecule has 0 radical (unpaired) electrons. The monoisotopic (exact) mass is 300 g/mol. The van der Waals surface area contributed by atoms with Crippen LogP contribution in [-0.2, 0) is 11.2 Å². The molecule has 20 heavy (non-hydrogen) atoms. The number of halogens is 5. The van der Waals surface area contributed by atoms with Gasteiger partial charge in [-0.05, 0) is 0 Å². The summed E-state index contributed by atoms with van der Waals surface area (Å²) >= 11 is 0. The van der Waals surface area contributed by atoms with Crippen molar-refractivity contribution in [1.29, 1.82) is 0 Å². The molecule has 1 N–H and O–H groups in total. The molecule has 0 aromatic carbocycles. The van der Waals surface area contributed by atoms with Gasteiger partial charge in [0.2, 0.25) is 0 Å². The Morgan fingerprint density at radius 3 is 2.55 bits per heavy atom. The van der Waals surface area contributed by atoms with Crippen molar-refractivity contribution in [3.05, 3.63) is 23.3 Å². The van der Waals surface area contributed by atoms with Crippen LogP contribution in [0.15, 0.2) is 6.20 Å². The average molecular weight is 300 g/mol. The molecule has 0 bridgehead atoms. The van der Waals surface area contributed by atoms with E-state index >= 15 is 0 Å². The van der Waals surface area contributed by atoms with Crippen molar-refractivity contribution in [2.24, 2.45) is 0 Å². The lowest BCUT2D eigenvalue weighted by atomic mass is 10.2. The van der Waals surface area contributed by atoms with Gasteiger partial charge in [0.1, 0.15) is 23.7 Å². The summed E-state index contributed by atoms with van der Waals surface area (Å²) in [6.45, 7) is -1.89. The molecule has 112 valence electrons. The van der Waals surface area contributed by atoms with Gasteiger partial charge in [0.15, 0.2) is 0 Å². The van der Waals surface area contributed by atoms with Crippen LogP contribution in [0.1, 0.15) is 28.3 Å². The fraction of sp³-hybridized carbons (Fsp3) is 0.500. The van der Waals surface area contributed by atoms with Crippen LogP contribution >= 0.6 is 0 Å². The molecular formula is C10H9F5N2O3. The highest BCUT2D eigenvalue weighted by Gasteiger charge is 2.27. The summed E-state index contributed by atoms with van der Waals surface area (Å²) < 4.78 is 64.7. The third-order valence-corrected chi connectivity index (χ3v) is 2.04. The van der Waals surface area contributed by atoms with Crippen molar-refractivity contribution in [2.75, 3.05) is 13.2 Å². The first-order chi connectivity index (χ1) is 9.20. The van der Waals surface area contributed by atoms with E-state index in [1.807, 2.05) is 0 Å². The second-order valence-corrected chi connectivity index (χ2v) is 3.61. The van der Waals surface area contributed by atoms with Crippen molar-refractivity contribution in [2.45, 2.75) is 19.0 Å². The SMILES string of the molecule is O=C(O)c1cnc(CCOCC(F)(F)F)nc1C(F)F. The first kappa shape index (κ1) is 16.2. The number of nitrogens with zero attached hydrogens (tertiary/aromatic N) is 2. The van der Waals surface area contributed by atoms with Gasteiger partial charge in [-0.2, -0.15) is 13.2 Å². The zero-order valence-corrected chi connectivity index (χ0v) is 9.82. The Morgan fingerprint density at radius 1 is 1.40 bits per heavy atom. The van der Waals surface area contributed by atoms with E-state index in [0.29, 0.717) is 6.20 Å². The van der Waals surface area contributed by atoms with Crippen LogP contribution in [0.3, 0.4) is 0 Å². The van der Waals surface area contributed by atoms with Crippen LogP contribution in [0, 0.1) is 0 Å². The standard InChI is InChI=1S/C10H9F5N2O3/c11-8(12)7-5(9(18)19)3-16-6(17-7)1-2-20-4-10(13,14)15/h3,8H,1-2,4H2,(H,18,19).